The largest absolute Gasteiger partial charge is 0.379 e. The van der Waals surface area contributed by atoms with Crippen molar-refractivity contribution < 1.29 is 4.74 Å². The minimum absolute atomic E-state index is 0.109. The summed E-state index contributed by atoms with van der Waals surface area (Å²) in [5, 5.41) is 11.8. The fourth-order valence-electron chi connectivity index (χ4n) is 1.86. The van der Waals surface area contributed by atoms with Crippen LogP contribution in [-0.4, -0.2) is 33.7 Å². The molecule has 0 amide bonds. The first-order chi connectivity index (χ1) is 8.04. The maximum Gasteiger partial charge on any atom is 0.0965 e. The maximum absolute atomic E-state index is 5.46. The summed E-state index contributed by atoms with van der Waals surface area (Å²) in [6.07, 6.45) is 4.27. The van der Waals surface area contributed by atoms with Crippen molar-refractivity contribution in [2.75, 3.05) is 13.2 Å². The second kappa shape index (κ2) is 5.14. The van der Waals surface area contributed by atoms with Crippen molar-refractivity contribution in [2.24, 2.45) is 0 Å². The quantitative estimate of drug-likeness (QED) is 0.867. The van der Waals surface area contributed by atoms with E-state index in [-0.39, 0.29) is 5.54 Å². The Balaban J connectivity index is 1.91. The van der Waals surface area contributed by atoms with Gasteiger partial charge in [0.1, 0.15) is 0 Å². The zero-order valence-electron chi connectivity index (χ0n) is 10.9. The molecule has 1 aliphatic heterocycles. The number of ether oxygens (including phenoxy) is 1. The summed E-state index contributed by atoms with van der Waals surface area (Å²) >= 11 is 0. The molecule has 1 aromatic heterocycles. The van der Waals surface area contributed by atoms with Gasteiger partial charge in [0.25, 0.3) is 0 Å². The van der Waals surface area contributed by atoms with Crippen LogP contribution in [0.5, 0.6) is 0 Å². The molecule has 0 spiro atoms. The van der Waals surface area contributed by atoms with Gasteiger partial charge in [-0.1, -0.05) is 5.21 Å². The van der Waals surface area contributed by atoms with Crippen molar-refractivity contribution in [1.82, 2.24) is 20.3 Å². The molecule has 0 aliphatic carbocycles. The van der Waals surface area contributed by atoms with E-state index in [9.17, 15) is 0 Å². The zero-order valence-corrected chi connectivity index (χ0v) is 10.9. The molecular weight excluding hydrogens is 216 g/mol. The fourth-order valence-corrected chi connectivity index (χ4v) is 1.86. The van der Waals surface area contributed by atoms with Crippen LogP contribution in [0, 0.1) is 0 Å². The van der Waals surface area contributed by atoms with E-state index in [1.54, 1.807) is 0 Å². The highest BCUT2D eigenvalue weighted by molar-refractivity contribution is 4.94. The van der Waals surface area contributed by atoms with Crippen LogP contribution in [0.2, 0.25) is 0 Å². The lowest BCUT2D eigenvalue weighted by Gasteiger charge is -2.21. The third kappa shape index (κ3) is 3.78. The molecule has 1 aromatic rings. The lowest BCUT2D eigenvalue weighted by atomic mass is 10.1. The van der Waals surface area contributed by atoms with Crippen molar-refractivity contribution >= 4 is 0 Å². The van der Waals surface area contributed by atoms with E-state index in [1.165, 1.54) is 0 Å². The molecule has 96 valence electrons. The van der Waals surface area contributed by atoms with Gasteiger partial charge < -0.3 is 10.1 Å². The summed E-state index contributed by atoms with van der Waals surface area (Å²) < 4.78 is 7.40. The topological polar surface area (TPSA) is 52.0 Å². The molecule has 2 heterocycles. The van der Waals surface area contributed by atoms with E-state index >= 15 is 0 Å². The third-order valence-electron chi connectivity index (χ3n) is 2.87. The molecule has 0 radical (unpaired) electrons. The highest BCUT2D eigenvalue weighted by atomic mass is 16.5. The number of hydrogen-bond acceptors (Lipinski definition) is 4. The second-order valence-corrected chi connectivity index (χ2v) is 5.66. The van der Waals surface area contributed by atoms with Gasteiger partial charge in [0.05, 0.1) is 24.5 Å². The van der Waals surface area contributed by atoms with Gasteiger partial charge in [-0.05, 0) is 33.6 Å². The van der Waals surface area contributed by atoms with Crippen molar-refractivity contribution in [3.8, 4) is 0 Å². The Kier molecular flexibility index (Phi) is 3.79. The van der Waals surface area contributed by atoms with E-state index in [1.807, 2.05) is 10.9 Å². The Morgan fingerprint density at radius 1 is 1.53 bits per heavy atom. The molecule has 5 nitrogen and oxygen atoms in total. The molecule has 1 N–H and O–H groups in total. The van der Waals surface area contributed by atoms with Crippen molar-refractivity contribution in [1.29, 1.82) is 0 Å². The predicted molar refractivity (Wildman–Crippen MR) is 65.7 cm³/mol. The first kappa shape index (κ1) is 12.5. The first-order valence-electron chi connectivity index (χ1n) is 6.28. The van der Waals surface area contributed by atoms with Gasteiger partial charge in [0, 0.05) is 18.7 Å². The van der Waals surface area contributed by atoms with Crippen LogP contribution in [-0.2, 0) is 11.3 Å². The second-order valence-electron chi connectivity index (χ2n) is 5.66. The van der Waals surface area contributed by atoms with Crippen LogP contribution in [0.25, 0.3) is 0 Å². The molecule has 0 bridgehead atoms. The summed E-state index contributed by atoms with van der Waals surface area (Å²) in [7, 11) is 0. The van der Waals surface area contributed by atoms with Crippen LogP contribution >= 0.6 is 0 Å². The summed E-state index contributed by atoms with van der Waals surface area (Å²) in [6, 6.07) is 0.361. The zero-order chi connectivity index (χ0) is 12.3. The SMILES string of the molecule is CC(C)(C)NCc1cn(C2CCCOC2)nn1. The van der Waals surface area contributed by atoms with E-state index in [0.717, 1.165) is 38.3 Å². The molecule has 1 unspecified atom stereocenters. The molecule has 1 atom stereocenters. The summed E-state index contributed by atoms with van der Waals surface area (Å²) in [4.78, 5) is 0. The minimum atomic E-state index is 0.109. The highest BCUT2D eigenvalue weighted by Gasteiger charge is 2.17. The van der Waals surface area contributed by atoms with E-state index in [4.69, 9.17) is 4.74 Å². The molecule has 5 heteroatoms. The van der Waals surface area contributed by atoms with Crippen LogP contribution < -0.4 is 5.32 Å². The van der Waals surface area contributed by atoms with Gasteiger partial charge in [-0.3, -0.25) is 0 Å². The fraction of sp³-hybridized carbons (Fsp3) is 0.833. The van der Waals surface area contributed by atoms with Crippen LogP contribution in [0.4, 0.5) is 0 Å². The lowest BCUT2D eigenvalue weighted by molar-refractivity contribution is 0.0542. The number of hydrogen-bond donors (Lipinski definition) is 1. The average molecular weight is 238 g/mol. The van der Waals surface area contributed by atoms with Gasteiger partial charge >= 0.3 is 0 Å². The Hall–Kier alpha value is -0.940. The summed E-state index contributed by atoms with van der Waals surface area (Å²) in [5.74, 6) is 0. The molecule has 1 saturated heterocycles. The molecular formula is C12H22N4O. The standard InChI is InChI=1S/C12H22N4O/c1-12(2,3)13-7-10-8-16(15-14-10)11-5-4-6-17-9-11/h8,11,13H,4-7,9H2,1-3H3. The predicted octanol–water partition coefficient (Wildman–Crippen LogP) is 1.52. The Bertz CT molecular complexity index is 350. The number of nitrogens with zero attached hydrogens (tertiary/aromatic N) is 3. The van der Waals surface area contributed by atoms with Gasteiger partial charge in [-0.15, -0.1) is 5.10 Å². The number of aromatic nitrogens is 3. The molecule has 0 aromatic carbocycles. The molecule has 2 rings (SSSR count). The Morgan fingerprint density at radius 2 is 2.35 bits per heavy atom. The third-order valence-corrected chi connectivity index (χ3v) is 2.87. The number of rotatable bonds is 3. The van der Waals surface area contributed by atoms with Gasteiger partial charge in [0.15, 0.2) is 0 Å². The van der Waals surface area contributed by atoms with E-state index in [2.05, 4.69) is 36.4 Å². The Labute approximate surface area is 103 Å². The molecule has 1 fully saturated rings. The van der Waals surface area contributed by atoms with E-state index in [0.29, 0.717) is 6.04 Å². The van der Waals surface area contributed by atoms with Gasteiger partial charge in [0.2, 0.25) is 0 Å². The normalized spacial score (nSPS) is 21.7. The summed E-state index contributed by atoms with van der Waals surface area (Å²) in [5.41, 5.74) is 1.10. The van der Waals surface area contributed by atoms with Crippen molar-refractivity contribution in [3.63, 3.8) is 0 Å². The maximum atomic E-state index is 5.46. The van der Waals surface area contributed by atoms with Gasteiger partial charge in [-0.25, -0.2) is 4.68 Å². The Morgan fingerprint density at radius 3 is 3.00 bits per heavy atom. The minimum Gasteiger partial charge on any atom is -0.379 e. The monoisotopic (exact) mass is 238 g/mol. The molecule has 0 saturated carbocycles. The highest BCUT2D eigenvalue weighted by Crippen LogP contribution is 2.18. The van der Waals surface area contributed by atoms with Crippen molar-refractivity contribution in [2.45, 2.75) is 51.7 Å². The first-order valence-corrected chi connectivity index (χ1v) is 6.28. The van der Waals surface area contributed by atoms with Crippen LogP contribution in [0.3, 0.4) is 0 Å². The van der Waals surface area contributed by atoms with Crippen LogP contribution in [0.15, 0.2) is 6.20 Å². The van der Waals surface area contributed by atoms with Gasteiger partial charge in [-0.2, -0.15) is 0 Å². The van der Waals surface area contributed by atoms with Crippen molar-refractivity contribution in [3.05, 3.63) is 11.9 Å². The molecule has 1 aliphatic rings. The van der Waals surface area contributed by atoms with E-state index < -0.39 is 0 Å². The lowest BCUT2D eigenvalue weighted by Crippen LogP contribution is -2.35. The van der Waals surface area contributed by atoms with Crippen LogP contribution in [0.1, 0.15) is 45.3 Å². The smallest absolute Gasteiger partial charge is 0.0965 e. The summed E-state index contributed by atoms with van der Waals surface area (Å²) in [6.45, 7) is 8.83. The molecule has 17 heavy (non-hydrogen) atoms. The average Bonchev–Trinajstić information content (AvgIpc) is 2.75. The number of nitrogens with one attached hydrogen (secondary N) is 1.